The van der Waals surface area contributed by atoms with Crippen LogP contribution in [0.2, 0.25) is 0 Å². The molecule has 2 heterocycles. The van der Waals surface area contributed by atoms with Gasteiger partial charge in [0.15, 0.2) is 11.0 Å². The lowest BCUT2D eigenvalue weighted by Gasteiger charge is -2.31. The van der Waals surface area contributed by atoms with Gasteiger partial charge in [0.1, 0.15) is 5.82 Å². The summed E-state index contributed by atoms with van der Waals surface area (Å²) in [5.41, 5.74) is 1.63. The predicted octanol–water partition coefficient (Wildman–Crippen LogP) is 3.05. The molecule has 1 amide bonds. The molecule has 9 nitrogen and oxygen atoms in total. The summed E-state index contributed by atoms with van der Waals surface area (Å²) in [5.74, 6) is 0.419. The monoisotopic (exact) mass is 546 g/mol. The maximum atomic E-state index is 13.6. The quantitative estimate of drug-likeness (QED) is 0.375. The van der Waals surface area contributed by atoms with Crippen LogP contribution >= 0.6 is 11.8 Å². The molecular weight excluding hydrogens is 515 g/mol. The summed E-state index contributed by atoms with van der Waals surface area (Å²) in [5, 5.41) is 17.4. The number of likely N-dealkylation sites (tertiary alicyclic amines) is 1. The van der Waals surface area contributed by atoms with Crippen molar-refractivity contribution < 1.29 is 17.6 Å². The first kappa shape index (κ1) is 27.2. The highest BCUT2D eigenvalue weighted by atomic mass is 32.2. The number of nitrogens with one attached hydrogen (secondary N) is 1. The average Bonchev–Trinajstić information content (AvgIpc) is 3.31. The van der Waals surface area contributed by atoms with E-state index in [4.69, 9.17) is 5.14 Å². The molecule has 2 aromatic carbocycles. The van der Waals surface area contributed by atoms with Gasteiger partial charge in [-0.05, 0) is 81.2 Å². The van der Waals surface area contributed by atoms with E-state index in [2.05, 4.69) is 27.3 Å². The Morgan fingerprint density at radius 3 is 2.41 bits per heavy atom. The third-order valence-corrected chi connectivity index (χ3v) is 8.23. The highest BCUT2D eigenvalue weighted by Gasteiger charge is 2.25. The lowest BCUT2D eigenvalue weighted by molar-refractivity contribution is -0.118. The van der Waals surface area contributed by atoms with E-state index in [1.807, 2.05) is 4.57 Å². The molecule has 3 N–H and O–H groups in total. The van der Waals surface area contributed by atoms with Crippen molar-refractivity contribution in [2.24, 2.45) is 5.14 Å². The molecule has 1 unspecified atom stereocenters. The second-order valence-corrected chi connectivity index (χ2v) is 11.5. The number of aromatic nitrogens is 3. The number of thioether (sulfide) groups is 1. The minimum absolute atomic E-state index is 0.0293. The zero-order valence-electron chi connectivity index (χ0n) is 20.6. The minimum atomic E-state index is -3.73. The maximum Gasteiger partial charge on any atom is 0.238 e. The SMILES string of the molecule is CC(c1nnc(SCC(=O)NCCc2ccc(S(N)(=O)=O)cc2)n1-c1ccc(F)cc1)N1CCCCC1. The number of hydrogen-bond donors (Lipinski definition) is 2. The van der Waals surface area contributed by atoms with Gasteiger partial charge in [0.25, 0.3) is 0 Å². The van der Waals surface area contributed by atoms with Gasteiger partial charge in [-0.2, -0.15) is 0 Å². The Labute approximate surface area is 220 Å². The number of sulfonamides is 1. The summed E-state index contributed by atoms with van der Waals surface area (Å²) in [7, 11) is -3.73. The zero-order valence-corrected chi connectivity index (χ0v) is 22.3. The van der Waals surface area contributed by atoms with Crippen molar-refractivity contribution in [1.29, 1.82) is 0 Å². The number of carbonyl (C=O) groups excluding carboxylic acids is 1. The van der Waals surface area contributed by atoms with E-state index < -0.39 is 10.0 Å². The van der Waals surface area contributed by atoms with Crippen LogP contribution in [-0.2, 0) is 21.2 Å². The van der Waals surface area contributed by atoms with Crippen LogP contribution in [0.15, 0.2) is 58.6 Å². The third-order valence-electron chi connectivity index (χ3n) is 6.38. The van der Waals surface area contributed by atoms with Gasteiger partial charge in [-0.25, -0.2) is 17.9 Å². The molecule has 0 bridgehead atoms. The van der Waals surface area contributed by atoms with Crippen molar-refractivity contribution in [3.8, 4) is 5.69 Å². The Kier molecular flexibility index (Phi) is 8.95. The fourth-order valence-corrected chi connectivity index (χ4v) is 5.62. The zero-order chi connectivity index (χ0) is 26.4. The standard InChI is InChI=1S/C25H31FN6O3S2/c1-18(31-15-3-2-4-16-31)24-29-30-25(32(24)21-9-7-20(26)8-10-21)36-17-23(33)28-14-13-19-5-11-22(12-6-19)37(27,34)35/h5-12,18H,2-4,13-17H2,1H3,(H,28,33)(H2,27,34,35). The second-order valence-electron chi connectivity index (χ2n) is 9.00. The molecule has 0 saturated carbocycles. The van der Waals surface area contributed by atoms with Crippen molar-refractivity contribution in [2.45, 2.75) is 48.7 Å². The molecule has 198 valence electrons. The van der Waals surface area contributed by atoms with Crippen LogP contribution in [0.4, 0.5) is 4.39 Å². The summed E-state index contributed by atoms with van der Waals surface area (Å²) < 4.78 is 38.3. The van der Waals surface area contributed by atoms with E-state index in [1.54, 1.807) is 24.3 Å². The van der Waals surface area contributed by atoms with Crippen LogP contribution in [0, 0.1) is 5.82 Å². The van der Waals surface area contributed by atoms with Gasteiger partial charge >= 0.3 is 0 Å². The summed E-state index contributed by atoms with van der Waals surface area (Å²) >= 11 is 1.27. The van der Waals surface area contributed by atoms with Crippen molar-refractivity contribution in [3.05, 3.63) is 65.7 Å². The molecule has 0 aliphatic carbocycles. The first-order valence-electron chi connectivity index (χ1n) is 12.2. The molecule has 1 aliphatic rings. The molecular formula is C25H31FN6O3S2. The Morgan fingerprint density at radius 2 is 1.76 bits per heavy atom. The molecule has 1 aliphatic heterocycles. The maximum absolute atomic E-state index is 13.6. The molecule has 0 spiro atoms. The van der Waals surface area contributed by atoms with Gasteiger partial charge in [0.2, 0.25) is 15.9 Å². The van der Waals surface area contributed by atoms with Crippen LogP contribution in [0.25, 0.3) is 5.69 Å². The largest absolute Gasteiger partial charge is 0.355 e. The van der Waals surface area contributed by atoms with Crippen LogP contribution < -0.4 is 10.5 Å². The Bertz CT molecular complexity index is 1310. The summed E-state index contributed by atoms with van der Waals surface area (Å²) in [6, 6.07) is 12.5. The van der Waals surface area contributed by atoms with Gasteiger partial charge in [-0.3, -0.25) is 14.3 Å². The fraction of sp³-hybridized carbons (Fsp3) is 0.400. The lowest BCUT2D eigenvalue weighted by atomic mass is 10.1. The number of halogens is 1. The average molecular weight is 547 g/mol. The topological polar surface area (TPSA) is 123 Å². The predicted molar refractivity (Wildman–Crippen MR) is 140 cm³/mol. The summed E-state index contributed by atoms with van der Waals surface area (Å²) in [6.45, 7) is 4.49. The van der Waals surface area contributed by atoms with Gasteiger partial charge < -0.3 is 5.32 Å². The number of hydrogen-bond acceptors (Lipinski definition) is 7. The molecule has 1 saturated heterocycles. The molecule has 4 rings (SSSR count). The van der Waals surface area contributed by atoms with E-state index in [0.29, 0.717) is 18.1 Å². The van der Waals surface area contributed by atoms with E-state index in [9.17, 15) is 17.6 Å². The first-order chi connectivity index (χ1) is 17.7. The first-order valence-corrected chi connectivity index (χ1v) is 14.7. The van der Waals surface area contributed by atoms with Gasteiger partial charge in [-0.15, -0.1) is 10.2 Å². The highest BCUT2D eigenvalue weighted by molar-refractivity contribution is 7.99. The van der Waals surface area contributed by atoms with Crippen molar-refractivity contribution in [3.63, 3.8) is 0 Å². The molecule has 1 fully saturated rings. The molecule has 0 radical (unpaired) electrons. The molecule has 3 aromatic rings. The second kappa shape index (κ2) is 12.2. The van der Waals surface area contributed by atoms with Crippen molar-refractivity contribution in [2.75, 3.05) is 25.4 Å². The Balaban J connectivity index is 1.39. The number of amides is 1. The van der Waals surface area contributed by atoms with E-state index in [-0.39, 0.29) is 28.4 Å². The van der Waals surface area contributed by atoms with Gasteiger partial charge in [-0.1, -0.05) is 30.3 Å². The van der Waals surface area contributed by atoms with E-state index >= 15 is 0 Å². The van der Waals surface area contributed by atoms with E-state index in [0.717, 1.165) is 43.0 Å². The summed E-state index contributed by atoms with van der Waals surface area (Å²) in [4.78, 5) is 15.0. The number of rotatable bonds is 10. The van der Waals surface area contributed by atoms with Gasteiger partial charge in [0.05, 0.1) is 16.7 Å². The number of benzene rings is 2. The Morgan fingerprint density at radius 1 is 1.08 bits per heavy atom. The van der Waals surface area contributed by atoms with Gasteiger partial charge in [0, 0.05) is 12.2 Å². The van der Waals surface area contributed by atoms with Crippen LogP contribution in [0.5, 0.6) is 0 Å². The smallest absolute Gasteiger partial charge is 0.238 e. The van der Waals surface area contributed by atoms with Crippen molar-refractivity contribution in [1.82, 2.24) is 25.0 Å². The number of nitrogens with zero attached hydrogens (tertiary/aromatic N) is 4. The van der Waals surface area contributed by atoms with Crippen LogP contribution in [-0.4, -0.2) is 59.4 Å². The number of carbonyl (C=O) groups is 1. The minimum Gasteiger partial charge on any atom is -0.355 e. The third kappa shape index (κ3) is 7.16. The molecule has 12 heteroatoms. The van der Waals surface area contributed by atoms with Crippen LogP contribution in [0.1, 0.15) is 43.6 Å². The summed E-state index contributed by atoms with van der Waals surface area (Å²) in [6.07, 6.45) is 4.07. The highest BCUT2D eigenvalue weighted by Crippen LogP contribution is 2.29. The number of primary sulfonamides is 1. The van der Waals surface area contributed by atoms with Crippen molar-refractivity contribution >= 4 is 27.7 Å². The number of nitrogens with two attached hydrogens (primary N) is 1. The van der Waals surface area contributed by atoms with Crippen LogP contribution in [0.3, 0.4) is 0 Å². The molecule has 1 aromatic heterocycles. The van der Waals surface area contributed by atoms with E-state index in [1.165, 1.54) is 42.4 Å². The Hall–Kier alpha value is -2.80. The normalized spacial score (nSPS) is 15.4. The molecule has 1 atom stereocenters. The molecule has 37 heavy (non-hydrogen) atoms. The number of piperidine rings is 1. The lowest BCUT2D eigenvalue weighted by Crippen LogP contribution is -2.33. The fourth-order valence-electron chi connectivity index (χ4n) is 4.32.